The molecule has 5 heteroatoms. The maximum Gasteiger partial charge on any atom is 0.294 e. The number of rotatable bonds is 1. The lowest BCUT2D eigenvalue weighted by Gasteiger charge is -2.08. The Bertz CT molecular complexity index is 298. The number of para-hydroxylation sites is 1. The Labute approximate surface area is 69.1 Å². The lowest BCUT2D eigenvalue weighted by Crippen LogP contribution is -2.34. The lowest BCUT2D eigenvalue weighted by atomic mass is 10.2. The first-order chi connectivity index (χ1) is 5.63. The minimum absolute atomic E-state index is 0.00565. The molecule has 0 saturated heterocycles. The minimum atomic E-state index is -0.729. The van der Waals surface area contributed by atoms with Crippen LogP contribution in [0.1, 0.15) is 10.4 Å². The second kappa shape index (κ2) is 3.21. The molecule has 0 atom stereocenters. The third kappa shape index (κ3) is 1.52. The number of hydroxylamine groups is 1. The second-order valence-corrected chi connectivity index (χ2v) is 2.24. The normalized spacial score (nSPS) is 9.50. The average Bonchev–Trinajstić information content (AvgIpc) is 2.04. The number of amides is 1. The van der Waals surface area contributed by atoms with Gasteiger partial charge in [-0.15, -0.1) is 5.17 Å². The van der Waals surface area contributed by atoms with Gasteiger partial charge in [-0.2, -0.15) is 0 Å². The third-order valence-corrected chi connectivity index (χ3v) is 1.40. The molecule has 5 nitrogen and oxygen atoms in total. The zero-order valence-corrected chi connectivity index (χ0v) is 6.27. The molecule has 0 saturated carbocycles. The summed E-state index contributed by atoms with van der Waals surface area (Å²) in [6.45, 7) is 0. The largest absolute Gasteiger partial charge is 0.398 e. The number of nitrogen functional groups attached to an aromatic ring is 1. The van der Waals surface area contributed by atoms with Crippen molar-refractivity contribution in [3.05, 3.63) is 29.8 Å². The van der Waals surface area contributed by atoms with Gasteiger partial charge in [0.2, 0.25) is 0 Å². The summed E-state index contributed by atoms with van der Waals surface area (Å²) in [5.74, 6) is 4.09. The standard InChI is InChI=1S/C7H9N3O2/c8-6-4-2-1-3-5(6)7(11)10(9)12/h1-4,12H,8-9H2. The van der Waals surface area contributed by atoms with E-state index in [0.717, 1.165) is 0 Å². The van der Waals surface area contributed by atoms with Gasteiger partial charge in [0, 0.05) is 5.69 Å². The highest BCUT2D eigenvalue weighted by Gasteiger charge is 2.11. The maximum absolute atomic E-state index is 11.0. The van der Waals surface area contributed by atoms with E-state index in [0.29, 0.717) is 0 Å². The van der Waals surface area contributed by atoms with E-state index in [4.69, 9.17) is 16.8 Å². The number of carbonyl (C=O) groups excluding carboxylic acids is 1. The summed E-state index contributed by atoms with van der Waals surface area (Å²) >= 11 is 0. The smallest absolute Gasteiger partial charge is 0.294 e. The van der Waals surface area contributed by atoms with Crippen LogP contribution in [-0.2, 0) is 0 Å². The molecule has 0 heterocycles. The van der Waals surface area contributed by atoms with Gasteiger partial charge in [0.1, 0.15) is 0 Å². The van der Waals surface area contributed by atoms with E-state index in [1.54, 1.807) is 18.2 Å². The van der Waals surface area contributed by atoms with Crippen LogP contribution in [0.4, 0.5) is 5.69 Å². The molecule has 0 aliphatic carbocycles. The highest BCUT2D eigenvalue weighted by molar-refractivity contribution is 5.97. The van der Waals surface area contributed by atoms with E-state index in [-0.39, 0.29) is 16.4 Å². The molecule has 0 aliphatic rings. The monoisotopic (exact) mass is 167 g/mol. The van der Waals surface area contributed by atoms with Crippen LogP contribution in [0.5, 0.6) is 0 Å². The SMILES string of the molecule is Nc1ccccc1C(=O)N(N)O. The van der Waals surface area contributed by atoms with Crippen molar-refractivity contribution in [1.82, 2.24) is 5.17 Å². The summed E-state index contributed by atoms with van der Waals surface area (Å²) in [5, 5.41) is 8.61. The number of anilines is 1. The molecule has 1 rings (SSSR count). The number of hydrazine groups is 1. The quantitative estimate of drug-likeness (QED) is 0.180. The van der Waals surface area contributed by atoms with Crippen LogP contribution in [0.15, 0.2) is 24.3 Å². The Morgan fingerprint density at radius 1 is 1.42 bits per heavy atom. The molecule has 1 aromatic carbocycles. The van der Waals surface area contributed by atoms with E-state index in [2.05, 4.69) is 0 Å². The van der Waals surface area contributed by atoms with E-state index in [1.165, 1.54) is 6.07 Å². The maximum atomic E-state index is 11.0. The number of hydrogen-bond acceptors (Lipinski definition) is 4. The Hall–Kier alpha value is -1.59. The topological polar surface area (TPSA) is 92.6 Å². The van der Waals surface area contributed by atoms with Crippen LogP contribution < -0.4 is 11.6 Å². The van der Waals surface area contributed by atoms with Gasteiger partial charge in [-0.1, -0.05) is 12.1 Å². The molecule has 0 spiro atoms. The fraction of sp³-hybridized carbons (Fsp3) is 0. The summed E-state index contributed by atoms with van der Waals surface area (Å²) in [6.07, 6.45) is 0. The molecule has 1 amide bonds. The van der Waals surface area contributed by atoms with Gasteiger partial charge in [-0.05, 0) is 12.1 Å². The molecule has 0 unspecified atom stereocenters. The minimum Gasteiger partial charge on any atom is -0.398 e. The van der Waals surface area contributed by atoms with E-state index < -0.39 is 5.91 Å². The summed E-state index contributed by atoms with van der Waals surface area (Å²) in [7, 11) is 0. The predicted octanol–water partition coefficient (Wildman–Crippen LogP) is -0.0261. The predicted molar refractivity (Wildman–Crippen MR) is 43.0 cm³/mol. The Morgan fingerprint density at radius 2 is 2.00 bits per heavy atom. The number of nitrogens with zero attached hydrogens (tertiary/aromatic N) is 1. The zero-order chi connectivity index (χ0) is 9.14. The molecule has 0 aliphatic heterocycles. The van der Waals surface area contributed by atoms with Gasteiger partial charge in [0.25, 0.3) is 5.91 Å². The lowest BCUT2D eigenvalue weighted by molar-refractivity contribution is -0.0594. The Balaban J connectivity index is 3.03. The first-order valence-corrected chi connectivity index (χ1v) is 3.25. The van der Waals surface area contributed by atoms with Crippen LogP contribution in [0.3, 0.4) is 0 Å². The van der Waals surface area contributed by atoms with E-state index in [9.17, 15) is 4.79 Å². The highest BCUT2D eigenvalue weighted by Crippen LogP contribution is 2.10. The first-order valence-electron chi connectivity index (χ1n) is 3.25. The van der Waals surface area contributed by atoms with Crippen molar-refractivity contribution < 1.29 is 10.0 Å². The van der Waals surface area contributed by atoms with Gasteiger partial charge in [0.05, 0.1) is 5.56 Å². The van der Waals surface area contributed by atoms with Crippen molar-refractivity contribution in [3.63, 3.8) is 0 Å². The van der Waals surface area contributed by atoms with Crippen LogP contribution in [0.25, 0.3) is 0 Å². The van der Waals surface area contributed by atoms with Gasteiger partial charge in [0.15, 0.2) is 0 Å². The molecule has 12 heavy (non-hydrogen) atoms. The first kappa shape index (κ1) is 8.51. The van der Waals surface area contributed by atoms with Gasteiger partial charge < -0.3 is 5.73 Å². The van der Waals surface area contributed by atoms with Crippen molar-refractivity contribution in [2.24, 2.45) is 5.84 Å². The summed E-state index contributed by atoms with van der Waals surface area (Å²) in [4.78, 5) is 11.0. The van der Waals surface area contributed by atoms with E-state index in [1.807, 2.05) is 0 Å². The van der Waals surface area contributed by atoms with Crippen LogP contribution in [-0.4, -0.2) is 16.3 Å². The van der Waals surface area contributed by atoms with Crippen LogP contribution in [0.2, 0.25) is 0 Å². The molecule has 0 radical (unpaired) electrons. The van der Waals surface area contributed by atoms with Crippen molar-refractivity contribution in [3.8, 4) is 0 Å². The Morgan fingerprint density at radius 3 is 2.50 bits per heavy atom. The second-order valence-electron chi connectivity index (χ2n) is 2.24. The molecule has 5 N–H and O–H groups in total. The van der Waals surface area contributed by atoms with Crippen molar-refractivity contribution in [1.29, 1.82) is 0 Å². The number of hydrogen-bond donors (Lipinski definition) is 3. The molecule has 0 aromatic heterocycles. The summed E-state index contributed by atoms with van der Waals surface area (Å²) in [5.41, 5.74) is 5.91. The van der Waals surface area contributed by atoms with Crippen molar-refractivity contribution in [2.45, 2.75) is 0 Å². The molecule has 1 aromatic rings. The van der Waals surface area contributed by atoms with Gasteiger partial charge >= 0.3 is 0 Å². The van der Waals surface area contributed by atoms with Gasteiger partial charge in [-0.3, -0.25) is 10.0 Å². The zero-order valence-electron chi connectivity index (χ0n) is 6.27. The van der Waals surface area contributed by atoms with Crippen molar-refractivity contribution in [2.75, 3.05) is 5.73 Å². The van der Waals surface area contributed by atoms with Gasteiger partial charge in [-0.25, -0.2) is 5.84 Å². The van der Waals surface area contributed by atoms with Crippen LogP contribution in [0, 0.1) is 0 Å². The fourth-order valence-corrected chi connectivity index (χ4v) is 0.815. The molecule has 64 valence electrons. The number of carbonyl (C=O) groups is 1. The van der Waals surface area contributed by atoms with Crippen LogP contribution >= 0.6 is 0 Å². The third-order valence-electron chi connectivity index (χ3n) is 1.40. The highest BCUT2D eigenvalue weighted by atomic mass is 16.5. The molecule has 0 bridgehead atoms. The molecular weight excluding hydrogens is 158 g/mol. The Kier molecular flexibility index (Phi) is 2.27. The fourth-order valence-electron chi connectivity index (χ4n) is 0.815. The summed E-state index contributed by atoms with van der Waals surface area (Å²) in [6, 6.07) is 6.35. The number of nitrogens with two attached hydrogens (primary N) is 2. The van der Waals surface area contributed by atoms with E-state index >= 15 is 0 Å². The molecular formula is C7H9N3O2. The average molecular weight is 167 g/mol. The summed E-state index contributed by atoms with van der Waals surface area (Å²) < 4.78 is 0. The van der Waals surface area contributed by atoms with Crippen molar-refractivity contribution >= 4 is 11.6 Å². The number of benzene rings is 1. The molecule has 0 fully saturated rings.